The Morgan fingerprint density at radius 2 is 2.47 bits per heavy atom. The van der Waals surface area contributed by atoms with Crippen LogP contribution in [0, 0.1) is 0 Å². The Balaban J connectivity index is 2.23. The lowest BCUT2D eigenvalue weighted by molar-refractivity contribution is -0.0781. The van der Waals surface area contributed by atoms with Crippen molar-refractivity contribution in [2.75, 3.05) is 6.61 Å². The molecule has 2 atom stereocenters. The van der Waals surface area contributed by atoms with Gasteiger partial charge in [-0.2, -0.15) is 0 Å². The van der Waals surface area contributed by atoms with Crippen LogP contribution in [0.2, 0.25) is 5.02 Å². The Labute approximate surface area is 106 Å². The van der Waals surface area contributed by atoms with Crippen LogP contribution in [0.25, 0.3) is 0 Å². The van der Waals surface area contributed by atoms with E-state index >= 15 is 0 Å². The second-order valence-electron chi connectivity index (χ2n) is 3.94. The third-order valence-electron chi connectivity index (χ3n) is 2.76. The second kappa shape index (κ2) is 4.34. The summed E-state index contributed by atoms with van der Waals surface area (Å²) in [5.41, 5.74) is -0.451. The maximum atomic E-state index is 10.2. The molecule has 0 amide bonds. The van der Waals surface area contributed by atoms with Gasteiger partial charge in [0.1, 0.15) is 6.10 Å². The van der Waals surface area contributed by atoms with Crippen molar-refractivity contribution in [1.29, 1.82) is 0 Å². The largest absolute Gasteiger partial charge is 0.385 e. The zero-order valence-electron chi connectivity index (χ0n) is 8.30. The zero-order chi connectivity index (χ0) is 11.1. The molecule has 0 aliphatic carbocycles. The summed E-state index contributed by atoms with van der Waals surface area (Å²) in [6, 6.07) is 1.80. The maximum Gasteiger partial charge on any atom is 0.117 e. The molecule has 84 valence electrons. The van der Waals surface area contributed by atoms with Crippen LogP contribution >= 0.6 is 38.9 Å². The molecule has 0 spiro atoms. The van der Waals surface area contributed by atoms with Crippen LogP contribution in [0.15, 0.2) is 9.85 Å². The summed E-state index contributed by atoms with van der Waals surface area (Å²) in [6.07, 6.45) is 1.31. The van der Waals surface area contributed by atoms with E-state index in [9.17, 15) is 5.11 Å². The number of hydrogen-bond donors (Lipinski definition) is 1. The molecule has 1 N–H and O–H groups in total. The van der Waals surface area contributed by atoms with E-state index in [0.29, 0.717) is 5.02 Å². The van der Waals surface area contributed by atoms with E-state index in [4.69, 9.17) is 16.3 Å². The molecule has 15 heavy (non-hydrogen) atoms. The molecule has 1 aromatic heterocycles. The van der Waals surface area contributed by atoms with E-state index in [-0.39, 0.29) is 0 Å². The van der Waals surface area contributed by atoms with Crippen LogP contribution in [0.3, 0.4) is 0 Å². The molecular weight excluding hydrogens is 300 g/mol. The molecule has 1 aromatic rings. The van der Waals surface area contributed by atoms with Crippen molar-refractivity contribution in [3.05, 3.63) is 19.8 Å². The lowest BCUT2D eigenvalue weighted by Gasteiger charge is -2.28. The number of ether oxygens (including phenoxy) is 1. The first-order chi connectivity index (χ1) is 7.03. The summed E-state index contributed by atoms with van der Waals surface area (Å²) in [7, 11) is 0. The number of aliphatic hydroxyl groups is 1. The molecule has 2 rings (SSSR count). The first kappa shape index (κ1) is 11.9. The first-order valence-corrected chi connectivity index (χ1v) is 6.78. The van der Waals surface area contributed by atoms with Gasteiger partial charge in [0.15, 0.2) is 0 Å². The number of aliphatic hydroxyl groups excluding tert-OH is 1. The highest BCUT2D eigenvalue weighted by Gasteiger charge is 2.39. The quantitative estimate of drug-likeness (QED) is 0.901. The van der Waals surface area contributed by atoms with Gasteiger partial charge in [-0.3, -0.25) is 0 Å². The van der Waals surface area contributed by atoms with Crippen LogP contribution in [-0.4, -0.2) is 17.3 Å². The van der Waals surface area contributed by atoms with Crippen molar-refractivity contribution in [1.82, 2.24) is 0 Å². The van der Waals surface area contributed by atoms with E-state index in [1.54, 1.807) is 6.07 Å². The Morgan fingerprint density at radius 3 is 2.93 bits per heavy atom. The second-order valence-corrected chi connectivity index (χ2v) is 6.75. The van der Waals surface area contributed by atoms with Crippen molar-refractivity contribution >= 4 is 38.9 Å². The summed E-state index contributed by atoms with van der Waals surface area (Å²) in [6.45, 7) is 2.68. The Bertz CT molecular complexity index is 341. The van der Waals surface area contributed by atoms with Gasteiger partial charge in [-0.1, -0.05) is 11.6 Å². The van der Waals surface area contributed by atoms with Crippen LogP contribution in [0.1, 0.15) is 30.7 Å². The topological polar surface area (TPSA) is 29.5 Å². The number of halogens is 2. The van der Waals surface area contributed by atoms with Crippen molar-refractivity contribution in [3.63, 3.8) is 0 Å². The van der Waals surface area contributed by atoms with Gasteiger partial charge in [0.05, 0.1) is 14.4 Å². The molecule has 1 aliphatic rings. The molecule has 2 unspecified atom stereocenters. The number of thiophene rings is 1. The SMILES string of the molecule is CC1(C(O)c2cc(Cl)c(Br)s2)CCCO1. The molecule has 5 heteroatoms. The molecule has 1 fully saturated rings. The van der Waals surface area contributed by atoms with Crippen molar-refractivity contribution < 1.29 is 9.84 Å². The van der Waals surface area contributed by atoms with Gasteiger partial charge in [0.2, 0.25) is 0 Å². The highest BCUT2D eigenvalue weighted by molar-refractivity contribution is 9.11. The average molecular weight is 312 g/mol. The van der Waals surface area contributed by atoms with E-state index in [1.165, 1.54) is 11.3 Å². The van der Waals surface area contributed by atoms with E-state index in [1.807, 2.05) is 6.92 Å². The van der Waals surface area contributed by atoms with Crippen molar-refractivity contribution in [3.8, 4) is 0 Å². The zero-order valence-corrected chi connectivity index (χ0v) is 11.5. The summed E-state index contributed by atoms with van der Waals surface area (Å²) in [4.78, 5) is 0.858. The predicted molar refractivity (Wildman–Crippen MR) is 65.6 cm³/mol. The van der Waals surface area contributed by atoms with Crippen LogP contribution < -0.4 is 0 Å². The minimum Gasteiger partial charge on any atom is -0.385 e. The average Bonchev–Trinajstić information content (AvgIpc) is 2.75. The molecule has 2 heterocycles. The van der Waals surface area contributed by atoms with Gasteiger partial charge in [-0.25, -0.2) is 0 Å². The Morgan fingerprint density at radius 1 is 1.73 bits per heavy atom. The van der Waals surface area contributed by atoms with Gasteiger partial charge >= 0.3 is 0 Å². The van der Waals surface area contributed by atoms with Crippen molar-refractivity contribution in [2.45, 2.75) is 31.5 Å². The third kappa shape index (κ3) is 2.24. The highest BCUT2D eigenvalue weighted by atomic mass is 79.9. The lowest BCUT2D eigenvalue weighted by Crippen LogP contribution is -2.31. The molecule has 0 aromatic carbocycles. The van der Waals surface area contributed by atoms with E-state index < -0.39 is 11.7 Å². The van der Waals surface area contributed by atoms with Gasteiger partial charge in [0, 0.05) is 11.5 Å². The van der Waals surface area contributed by atoms with Crippen LogP contribution in [-0.2, 0) is 4.74 Å². The standard InChI is InChI=1S/C10H12BrClO2S/c1-10(3-2-4-14-10)8(13)7-5-6(12)9(11)15-7/h5,8,13H,2-4H2,1H3. The summed E-state index contributed by atoms with van der Waals surface area (Å²) in [5, 5.41) is 10.9. The molecule has 0 bridgehead atoms. The Kier molecular flexibility index (Phi) is 3.43. The smallest absolute Gasteiger partial charge is 0.117 e. The number of rotatable bonds is 2. The number of hydrogen-bond acceptors (Lipinski definition) is 3. The molecule has 2 nitrogen and oxygen atoms in total. The fraction of sp³-hybridized carbons (Fsp3) is 0.600. The normalized spacial score (nSPS) is 28.3. The van der Waals surface area contributed by atoms with E-state index in [2.05, 4.69) is 15.9 Å². The first-order valence-electron chi connectivity index (χ1n) is 4.80. The van der Waals surface area contributed by atoms with Crippen LogP contribution in [0.4, 0.5) is 0 Å². The molecule has 1 saturated heterocycles. The fourth-order valence-electron chi connectivity index (χ4n) is 1.82. The molecular formula is C10H12BrClO2S. The fourth-order valence-corrected chi connectivity index (χ4v) is 3.69. The lowest BCUT2D eigenvalue weighted by atomic mass is 9.94. The van der Waals surface area contributed by atoms with E-state index in [0.717, 1.165) is 28.1 Å². The minimum atomic E-state index is -0.589. The molecule has 0 radical (unpaired) electrons. The molecule has 0 saturated carbocycles. The van der Waals surface area contributed by atoms with Crippen LogP contribution in [0.5, 0.6) is 0 Å². The van der Waals surface area contributed by atoms with Gasteiger partial charge < -0.3 is 9.84 Å². The van der Waals surface area contributed by atoms with Crippen molar-refractivity contribution in [2.24, 2.45) is 0 Å². The third-order valence-corrected chi connectivity index (χ3v) is 5.29. The monoisotopic (exact) mass is 310 g/mol. The predicted octanol–water partition coefficient (Wildman–Crippen LogP) is 3.77. The maximum absolute atomic E-state index is 10.2. The highest BCUT2D eigenvalue weighted by Crippen LogP contribution is 2.43. The van der Waals surface area contributed by atoms with Gasteiger partial charge in [0.25, 0.3) is 0 Å². The summed E-state index contributed by atoms with van der Waals surface area (Å²) >= 11 is 10.7. The summed E-state index contributed by atoms with van der Waals surface area (Å²) < 4.78 is 6.46. The van der Waals surface area contributed by atoms with Gasteiger partial charge in [-0.05, 0) is 41.8 Å². The molecule has 1 aliphatic heterocycles. The minimum absolute atomic E-state index is 0.451. The Hall–Kier alpha value is 0.390. The van der Waals surface area contributed by atoms with Gasteiger partial charge in [-0.15, -0.1) is 11.3 Å². The summed E-state index contributed by atoms with van der Waals surface area (Å²) in [5.74, 6) is 0.